The van der Waals surface area contributed by atoms with E-state index in [9.17, 15) is 14.9 Å². The topological polar surface area (TPSA) is 79.0 Å². The number of hydrogen-bond donors (Lipinski definition) is 0. The van der Waals surface area contributed by atoms with E-state index in [1.165, 1.54) is 0 Å². The molecule has 1 atom stereocenters. The number of rotatable bonds is 3. The van der Waals surface area contributed by atoms with Gasteiger partial charge in [0.15, 0.2) is 0 Å². The molecule has 6 nitrogen and oxygen atoms in total. The first-order valence-electron chi connectivity index (χ1n) is 9.58. The number of nitrogens with zero attached hydrogens (tertiary/aromatic N) is 4. The highest BCUT2D eigenvalue weighted by molar-refractivity contribution is 7.99. The van der Waals surface area contributed by atoms with E-state index in [2.05, 4.69) is 5.10 Å². The lowest BCUT2D eigenvalue weighted by molar-refractivity contribution is -0.119. The molecule has 1 amide bonds. The fourth-order valence-corrected chi connectivity index (χ4v) is 4.80. The Bertz CT molecular complexity index is 1210. The summed E-state index contributed by atoms with van der Waals surface area (Å²) in [5.74, 6) is 0.476. The van der Waals surface area contributed by atoms with Crippen molar-refractivity contribution in [2.24, 2.45) is 0 Å². The molecule has 2 aromatic carbocycles. The van der Waals surface area contributed by atoms with E-state index in [4.69, 9.17) is 0 Å². The maximum absolute atomic E-state index is 13.5. The smallest absolute Gasteiger partial charge is 0.285 e. The maximum Gasteiger partial charge on any atom is 0.285 e. The average Bonchev–Trinajstić information content (AvgIpc) is 2.77. The Morgan fingerprint density at radius 1 is 1.17 bits per heavy atom. The van der Waals surface area contributed by atoms with Gasteiger partial charge < -0.3 is 4.90 Å². The monoisotopic (exact) mass is 416 g/mol. The summed E-state index contributed by atoms with van der Waals surface area (Å²) in [6.45, 7) is 3.20. The van der Waals surface area contributed by atoms with Crippen LogP contribution in [0.1, 0.15) is 28.4 Å². The lowest BCUT2D eigenvalue weighted by Crippen LogP contribution is -2.43. The Balaban J connectivity index is 1.77. The van der Waals surface area contributed by atoms with E-state index in [0.29, 0.717) is 17.0 Å². The van der Waals surface area contributed by atoms with Crippen molar-refractivity contribution in [2.45, 2.75) is 31.3 Å². The van der Waals surface area contributed by atoms with Crippen LogP contribution in [0, 0.1) is 25.2 Å². The first-order chi connectivity index (χ1) is 14.5. The second-order valence-electron chi connectivity index (χ2n) is 7.13. The van der Waals surface area contributed by atoms with Crippen LogP contribution in [-0.2, 0) is 11.3 Å². The molecule has 0 spiro atoms. The molecule has 0 bridgehead atoms. The number of amides is 1. The van der Waals surface area contributed by atoms with Gasteiger partial charge in [-0.2, -0.15) is 10.4 Å². The fraction of sp³-hybridized carbons (Fsp3) is 0.217. The van der Waals surface area contributed by atoms with Crippen molar-refractivity contribution in [3.8, 4) is 6.07 Å². The molecular weight excluding hydrogens is 396 g/mol. The third kappa shape index (κ3) is 3.51. The zero-order valence-electron chi connectivity index (χ0n) is 16.7. The van der Waals surface area contributed by atoms with E-state index in [0.717, 1.165) is 20.8 Å². The zero-order valence-corrected chi connectivity index (χ0v) is 17.5. The summed E-state index contributed by atoms with van der Waals surface area (Å²) in [6, 6.07) is 19.4. The zero-order chi connectivity index (χ0) is 21.3. The Labute approximate surface area is 178 Å². The predicted molar refractivity (Wildman–Crippen MR) is 117 cm³/mol. The lowest BCUT2D eigenvalue weighted by Gasteiger charge is -2.37. The summed E-state index contributed by atoms with van der Waals surface area (Å²) in [6.07, 6.45) is 0. The summed E-state index contributed by atoms with van der Waals surface area (Å²) >= 11 is 1.71. The second-order valence-corrected chi connectivity index (χ2v) is 8.19. The number of carbonyl (C=O) groups excluding carboxylic acids is 1. The van der Waals surface area contributed by atoms with Gasteiger partial charge in [-0.15, -0.1) is 11.8 Å². The largest absolute Gasteiger partial charge is 0.301 e. The van der Waals surface area contributed by atoms with Gasteiger partial charge in [-0.05, 0) is 37.1 Å². The van der Waals surface area contributed by atoms with Crippen molar-refractivity contribution < 1.29 is 4.79 Å². The molecule has 3 aromatic rings. The standard InChI is InChI=1S/C23H20N4O2S/c1-15-16(2)25-26(23(29)18(15)12-24)13-22(28)27-19-10-6-7-11-21(19)30-14-20(27)17-8-4-3-5-9-17/h3-11,20H,13-14H2,1-2H3/t20-/m0/s1. The highest BCUT2D eigenvalue weighted by Crippen LogP contribution is 2.43. The average molecular weight is 417 g/mol. The van der Waals surface area contributed by atoms with Gasteiger partial charge in [-0.1, -0.05) is 42.5 Å². The number of benzene rings is 2. The third-order valence-corrected chi connectivity index (χ3v) is 6.46. The first kappa shape index (κ1) is 19.9. The van der Waals surface area contributed by atoms with Crippen LogP contribution in [-0.4, -0.2) is 21.4 Å². The molecule has 0 saturated carbocycles. The first-order valence-corrected chi connectivity index (χ1v) is 10.6. The Morgan fingerprint density at radius 3 is 2.60 bits per heavy atom. The molecule has 1 aliphatic heterocycles. The van der Waals surface area contributed by atoms with Crippen molar-refractivity contribution in [3.63, 3.8) is 0 Å². The van der Waals surface area contributed by atoms with Gasteiger partial charge in [0.1, 0.15) is 18.2 Å². The van der Waals surface area contributed by atoms with Crippen LogP contribution in [0.4, 0.5) is 5.69 Å². The van der Waals surface area contributed by atoms with Gasteiger partial charge in [0, 0.05) is 10.6 Å². The predicted octanol–water partition coefficient (Wildman–Crippen LogP) is 3.61. The number of carbonyl (C=O) groups is 1. The van der Waals surface area contributed by atoms with Crippen molar-refractivity contribution in [2.75, 3.05) is 10.7 Å². The summed E-state index contributed by atoms with van der Waals surface area (Å²) in [7, 11) is 0. The number of fused-ring (bicyclic) bond motifs is 1. The molecule has 1 aromatic heterocycles. The van der Waals surface area contributed by atoms with Gasteiger partial charge in [0.2, 0.25) is 5.91 Å². The molecule has 0 N–H and O–H groups in total. The lowest BCUT2D eigenvalue weighted by atomic mass is 10.1. The highest BCUT2D eigenvalue weighted by atomic mass is 32.2. The van der Waals surface area contributed by atoms with E-state index < -0.39 is 5.56 Å². The summed E-state index contributed by atoms with van der Waals surface area (Å²) in [4.78, 5) is 29.0. The van der Waals surface area contributed by atoms with E-state index in [-0.39, 0.29) is 24.1 Å². The Kier molecular flexibility index (Phi) is 5.42. The molecule has 30 heavy (non-hydrogen) atoms. The molecule has 0 fully saturated rings. The minimum absolute atomic E-state index is 0.0320. The van der Waals surface area contributed by atoms with E-state index in [1.54, 1.807) is 30.5 Å². The number of para-hydroxylation sites is 1. The molecule has 0 saturated heterocycles. The van der Waals surface area contributed by atoms with Crippen LogP contribution < -0.4 is 10.5 Å². The van der Waals surface area contributed by atoms with Crippen LogP contribution in [0.2, 0.25) is 0 Å². The molecule has 0 unspecified atom stereocenters. The second kappa shape index (κ2) is 8.17. The minimum atomic E-state index is -0.537. The van der Waals surface area contributed by atoms with Gasteiger partial charge in [0.25, 0.3) is 5.56 Å². The van der Waals surface area contributed by atoms with Crippen LogP contribution in [0.3, 0.4) is 0 Å². The SMILES string of the molecule is Cc1nn(CC(=O)N2c3ccccc3SC[C@H]2c2ccccc2)c(=O)c(C#N)c1C. The number of aryl methyl sites for hydroxylation is 1. The van der Waals surface area contributed by atoms with Crippen LogP contribution in [0.5, 0.6) is 0 Å². The maximum atomic E-state index is 13.5. The summed E-state index contributed by atoms with van der Waals surface area (Å²) < 4.78 is 1.11. The number of nitriles is 1. The fourth-order valence-electron chi connectivity index (χ4n) is 3.63. The molecule has 1 aliphatic rings. The number of anilines is 1. The van der Waals surface area contributed by atoms with Crippen molar-refractivity contribution in [3.05, 3.63) is 87.3 Å². The molecule has 150 valence electrons. The summed E-state index contributed by atoms with van der Waals surface area (Å²) in [5, 5.41) is 13.6. The highest BCUT2D eigenvalue weighted by Gasteiger charge is 2.33. The quantitative estimate of drug-likeness (QED) is 0.652. The minimum Gasteiger partial charge on any atom is -0.301 e. The molecule has 4 rings (SSSR count). The number of thioether (sulfide) groups is 1. The van der Waals surface area contributed by atoms with E-state index >= 15 is 0 Å². The van der Waals surface area contributed by atoms with Crippen molar-refractivity contribution >= 4 is 23.4 Å². The van der Waals surface area contributed by atoms with Crippen molar-refractivity contribution in [1.82, 2.24) is 9.78 Å². The summed E-state index contributed by atoms with van der Waals surface area (Å²) in [5.41, 5.74) is 2.46. The third-order valence-electron chi connectivity index (χ3n) is 5.32. The molecule has 2 heterocycles. The van der Waals surface area contributed by atoms with Crippen LogP contribution >= 0.6 is 11.8 Å². The van der Waals surface area contributed by atoms with Gasteiger partial charge in [-0.3, -0.25) is 9.59 Å². The van der Waals surface area contributed by atoms with Crippen LogP contribution in [0.25, 0.3) is 0 Å². The van der Waals surface area contributed by atoms with Gasteiger partial charge in [0.05, 0.1) is 17.4 Å². The number of hydrogen-bond acceptors (Lipinski definition) is 5. The molecule has 0 aliphatic carbocycles. The van der Waals surface area contributed by atoms with Crippen LogP contribution in [0.15, 0.2) is 64.3 Å². The van der Waals surface area contributed by atoms with E-state index in [1.807, 2.05) is 60.7 Å². The van der Waals surface area contributed by atoms with Crippen molar-refractivity contribution in [1.29, 1.82) is 5.26 Å². The van der Waals surface area contributed by atoms with Gasteiger partial charge in [-0.25, -0.2) is 4.68 Å². The Morgan fingerprint density at radius 2 is 1.87 bits per heavy atom. The van der Waals surface area contributed by atoms with Gasteiger partial charge >= 0.3 is 0 Å². The Hall–Kier alpha value is -3.37. The normalized spacial score (nSPS) is 15.4. The molecule has 0 radical (unpaired) electrons. The number of aromatic nitrogens is 2. The molecule has 7 heteroatoms. The molecular formula is C23H20N4O2S.